The maximum atomic E-state index is 14.2. The fraction of sp³-hybridized carbons (Fsp3) is 0.407. The summed E-state index contributed by atoms with van der Waals surface area (Å²) in [4.78, 5) is 11.7. The Morgan fingerprint density at radius 3 is 2.38 bits per heavy atom. The van der Waals surface area contributed by atoms with Gasteiger partial charge in [0.1, 0.15) is 6.73 Å². The molecule has 1 heterocycles. The number of methoxy groups -OCH3 is 1. The van der Waals surface area contributed by atoms with Crippen molar-refractivity contribution >= 4 is 27.5 Å². The number of amides is 1. The van der Waals surface area contributed by atoms with Gasteiger partial charge in [0.25, 0.3) is 10.0 Å². The standard InChI is InChI=1S/C27H35N3O6S/c1-18(2)15-22-7-9-23(10-8-22)25-12-11-24(28-21(5)31)16-26(25)37(32,33)30(17-35-14-13-34-6)27-19(3)20(4)29-36-27/h7-12,16,18H,13-15,17H2,1-6H3,(H,28,31). The normalized spacial score (nSPS) is 11.6. The molecular weight excluding hydrogens is 494 g/mol. The van der Waals surface area contributed by atoms with E-state index < -0.39 is 10.0 Å². The number of benzene rings is 2. The summed E-state index contributed by atoms with van der Waals surface area (Å²) < 4.78 is 45.6. The van der Waals surface area contributed by atoms with Gasteiger partial charge < -0.3 is 19.3 Å². The second-order valence-corrected chi connectivity index (χ2v) is 11.1. The smallest absolute Gasteiger partial charge is 0.269 e. The Kier molecular flexibility index (Phi) is 9.47. The van der Waals surface area contributed by atoms with Crippen LogP contribution >= 0.6 is 0 Å². The quantitative estimate of drug-likeness (QED) is 0.262. The highest BCUT2D eigenvalue weighted by Gasteiger charge is 2.33. The first-order valence-electron chi connectivity index (χ1n) is 12.1. The van der Waals surface area contributed by atoms with E-state index in [1.54, 1.807) is 26.0 Å². The van der Waals surface area contributed by atoms with Crippen LogP contribution in [0.5, 0.6) is 0 Å². The molecule has 0 radical (unpaired) electrons. The molecule has 10 heteroatoms. The Labute approximate surface area is 218 Å². The third-order valence-corrected chi connectivity index (χ3v) is 7.52. The van der Waals surface area contributed by atoms with Gasteiger partial charge in [-0.15, -0.1) is 0 Å². The average Bonchev–Trinajstić information content (AvgIpc) is 3.16. The van der Waals surface area contributed by atoms with Gasteiger partial charge in [-0.3, -0.25) is 4.79 Å². The molecule has 0 bridgehead atoms. The van der Waals surface area contributed by atoms with Crippen LogP contribution in [0.3, 0.4) is 0 Å². The summed E-state index contributed by atoms with van der Waals surface area (Å²) in [6.07, 6.45) is 0.920. The molecule has 0 saturated heterocycles. The molecule has 1 aromatic heterocycles. The van der Waals surface area contributed by atoms with Crippen LogP contribution in [0.15, 0.2) is 51.9 Å². The fourth-order valence-electron chi connectivity index (χ4n) is 3.83. The Morgan fingerprint density at radius 1 is 1.11 bits per heavy atom. The first-order chi connectivity index (χ1) is 17.5. The summed E-state index contributed by atoms with van der Waals surface area (Å²) in [5.74, 6) is 0.257. The topological polar surface area (TPSA) is 111 Å². The van der Waals surface area contributed by atoms with Crippen molar-refractivity contribution in [2.24, 2.45) is 5.92 Å². The number of aryl methyl sites for hydroxylation is 1. The largest absolute Gasteiger partial charge is 0.382 e. The van der Waals surface area contributed by atoms with Crippen LogP contribution < -0.4 is 9.62 Å². The minimum Gasteiger partial charge on any atom is -0.382 e. The van der Waals surface area contributed by atoms with E-state index in [1.807, 2.05) is 24.3 Å². The van der Waals surface area contributed by atoms with Gasteiger partial charge in [0.05, 0.1) is 23.8 Å². The number of hydrogen-bond acceptors (Lipinski definition) is 7. The van der Waals surface area contributed by atoms with Crippen LogP contribution in [0, 0.1) is 19.8 Å². The number of nitrogens with one attached hydrogen (secondary N) is 1. The average molecular weight is 530 g/mol. The van der Waals surface area contributed by atoms with Crippen molar-refractivity contribution < 1.29 is 27.2 Å². The molecule has 0 spiro atoms. The number of nitrogens with zero attached hydrogens (tertiary/aromatic N) is 2. The van der Waals surface area contributed by atoms with Crippen molar-refractivity contribution in [3.63, 3.8) is 0 Å². The molecule has 1 N–H and O–H groups in total. The van der Waals surface area contributed by atoms with E-state index in [0.29, 0.717) is 35.0 Å². The van der Waals surface area contributed by atoms with Crippen LogP contribution in [-0.4, -0.2) is 46.5 Å². The van der Waals surface area contributed by atoms with E-state index >= 15 is 0 Å². The highest BCUT2D eigenvalue weighted by Crippen LogP contribution is 2.35. The minimum absolute atomic E-state index is 0.000783. The number of anilines is 2. The molecule has 9 nitrogen and oxygen atoms in total. The molecule has 0 fully saturated rings. The number of ether oxygens (including phenoxy) is 2. The lowest BCUT2D eigenvalue weighted by atomic mass is 9.99. The molecule has 0 unspecified atom stereocenters. The molecular formula is C27H35N3O6S. The van der Waals surface area contributed by atoms with Gasteiger partial charge >= 0.3 is 0 Å². The zero-order chi connectivity index (χ0) is 27.2. The molecule has 37 heavy (non-hydrogen) atoms. The van der Waals surface area contributed by atoms with Crippen molar-refractivity contribution in [1.29, 1.82) is 0 Å². The Bertz CT molecular complexity index is 1320. The van der Waals surface area contributed by atoms with Crippen LogP contribution in [0.4, 0.5) is 11.6 Å². The molecule has 200 valence electrons. The van der Waals surface area contributed by atoms with E-state index in [4.69, 9.17) is 14.0 Å². The highest BCUT2D eigenvalue weighted by molar-refractivity contribution is 7.93. The van der Waals surface area contributed by atoms with Crippen LogP contribution in [0.25, 0.3) is 11.1 Å². The third kappa shape index (κ3) is 6.97. The van der Waals surface area contributed by atoms with Gasteiger partial charge in [0.2, 0.25) is 11.8 Å². The van der Waals surface area contributed by atoms with E-state index in [9.17, 15) is 13.2 Å². The molecule has 0 aliphatic carbocycles. The molecule has 0 saturated carbocycles. The van der Waals surface area contributed by atoms with Crippen molar-refractivity contribution in [1.82, 2.24) is 5.16 Å². The molecule has 0 atom stereocenters. The monoisotopic (exact) mass is 529 g/mol. The Hall–Kier alpha value is -3.21. The molecule has 1 amide bonds. The number of aromatic nitrogens is 1. The molecule has 3 rings (SSSR count). The summed E-state index contributed by atoms with van der Waals surface area (Å²) in [7, 11) is -2.70. The predicted molar refractivity (Wildman–Crippen MR) is 143 cm³/mol. The van der Waals surface area contributed by atoms with Gasteiger partial charge in [-0.05, 0) is 49.4 Å². The summed E-state index contributed by atoms with van der Waals surface area (Å²) in [6, 6.07) is 12.7. The van der Waals surface area contributed by atoms with Crippen molar-refractivity contribution in [3.8, 4) is 11.1 Å². The van der Waals surface area contributed by atoms with Gasteiger partial charge in [0, 0.05) is 30.8 Å². The number of carbonyl (C=O) groups is 1. The number of sulfonamides is 1. The lowest BCUT2D eigenvalue weighted by Crippen LogP contribution is -2.34. The Morgan fingerprint density at radius 2 is 1.81 bits per heavy atom. The lowest BCUT2D eigenvalue weighted by molar-refractivity contribution is -0.114. The maximum absolute atomic E-state index is 14.2. The Balaban J connectivity index is 2.14. The van der Waals surface area contributed by atoms with E-state index in [2.05, 4.69) is 24.3 Å². The van der Waals surface area contributed by atoms with E-state index in [0.717, 1.165) is 16.3 Å². The lowest BCUT2D eigenvalue weighted by Gasteiger charge is -2.24. The number of hydrogen-bond donors (Lipinski definition) is 1. The van der Waals surface area contributed by atoms with Crippen molar-refractivity contribution in [2.75, 3.05) is 36.7 Å². The third-order valence-electron chi connectivity index (χ3n) is 5.78. The predicted octanol–water partition coefficient (Wildman–Crippen LogP) is 4.93. The van der Waals surface area contributed by atoms with Crippen LogP contribution in [-0.2, 0) is 30.7 Å². The number of carbonyl (C=O) groups excluding carboxylic acids is 1. The van der Waals surface area contributed by atoms with Crippen LogP contribution in [0.2, 0.25) is 0 Å². The summed E-state index contributed by atoms with van der Waals surface area (Å²) >= 11 is 0. The zero-order valence-electron chi connectivity index (χ0n) is 22.2. The summed E-state index contributed by atoms with van der Waals surface area (Å²) in [5, 5.41) is 6.62. The molecule has 2 aromatic carbocycles. The highest BCUT2D eigenvalue weighted by atomic mass is 32.2. The molecule has 3 aromatic rings. The molecule has 0 aliphatic rings. The maximum Gasteiger partial charge on any atom is 0.269 e. The van der Waals surface area contributed by atoms with Gasteiger partial charge in [0.15, 0.2) is 0 Å². The fourth-order valence-corrected chi connectivity index (χ4v) is 5.41. The summed E-state index contributed by atoms with van der Waals surface area (Å²) in [6.45, 7) is 9.32. The minimum atomic E-state index is -4.23. The van der Waals surface area contributed by atoms with Crippen molar-refractivity contribution in [2.45, 2.75) is 45.9 Å². The second kappa shape index (κ2) is 12.4. The van der Waals surface area contributed by atoms with E-state index in [1.165, 1.54) is 25.7 Å². The summed E-state index contributed by atoms with van der Waals surface area (Å²) in [5.41, 5.74) is 3.89. The first kappa shape index (κ1) is 28.4. The van der Waals surface area contributed by atoms with Crippen molar-refractivity contribution in [3.05, 3.63) is 59.3 Å². The van der Waals surface area contributed by atoms with Gasteiger partial charge in [-0.25, -0.2) is 12.7 Å². The second-order valence-electron chi connectivity index (χ2n) is 9.27. The molecule has 0 aliphatic heterocycles. The van der Waals surface area contributed by atoms with Crippen LogP contribution in [0.1, 0.15) is 37.6 Å². The zero-order valence-corrected chi connectivity index (χ0v) is 23.0. The van der Waals surface area contributed by atoms with E-state index in [-0.39, 0.29) is 30.0 Å². The van der Waals surface area contributed by atoms with Gasteiger partial charge in [-0.1, -0.05) is 49.3 Å². The number of rotatable bonds is 12. The first-order valence-corrected chi connectivity index (χ1v) is 13.5. The van der Waals surface area contributed by atoms with Gasteiger partial charge in [-0.2, -0.15) is 0 Å². The SMILES string of the molecule is COCCOCN(c1onc(C)c1C)S(=O)(=O)c1cc(NC(C)=O)ccc1-c1ccc(CC(C)C)cc1.